The van der Waals surface area contributed by atoms with Crippen LogP contribution >= 0.6 is 0 Å². The Morgan fingerprint density at radius 2 is 1.57 bits per heavy atom. The zero-order chi connectivity index (χ0) is 20.9. The van der Waals surface area contributed by atoms with E-state index in [0.29, 0.717) is 23.3 Å². The van der Waals surface area contributed by atoms with Gasteiger partial charge in [0, 0.05) is 6.42 Å². The van der Waals surface area contributed by atoms with Crippen molar-refractivity contribution in [3.8, 4) is 0 Å². The van der Waals surface area contributed by atoms with Crippen molar-refractivity contribution >= 4 is 5.97 Å². The molecule has 3 unspecified atom stereocenters. The van der Waals surface area contributed by atoms with Crippen LogP contribution in [-0.2, 0) is 14.2 Å². The Morgan fingerprint density at radius 3 is 2.13 bits per heavy atom. The van der Waals surface area contributed by atoms with Crippen molar-refractivity contribution in [2.24, 2.45) is 23.7 Å². The van der Waals surface area contributed by atoms with Crippen molar-refractivity contribution < 1.29 is 32.2 Å². The van der Waals surface area contributed by atoms with Gasteiger partial charge < -0.3 is 14.2 Å². The minimum Gasteiger partial charge on any atom is -0.432 e. The standard InChI is InChI=1S/C23H27F3O4/c24-23(25,26)18-6-7-19(28-20(27)17-4-2-1-3-5-17)29-21(18)30-22-11-14-8-15(12-22)10-16(9-14)13-22/h1-5,14-16,18-19,21H,6-13H2. The van der Waals surface area contributed by atoms with Crippen molar-refractivity contribution in [3.63, 3.8) is 0 Å². The molecular formula is C23H27F3O4. The third-order valence-corrected chi connectivity index (χ3v) is 7.34. The summed E-state index contributed by atoms with van der Waals surface area (Å²) < 4.78 is 58.5. The minimum absolute atomic E-state index is 0.00346. The first kappa shape index (κ1) is 20.3. The molecule has 164 valence electrons. The monoisotopic (exact) mass is 424 g/mol. The summed E-state index contributed by atoms with van der Waals surface area (Å²) in [6.07, 6.45) is -1.07. The second-order valence-corrected chi connectivity index (χ2v) is 9.65. The molecule has 5 aliphatic rings. The van der Waals surface area contributed by atoms with Crippen LogP contribution in [0.25, 0.3) is 0 Å². The fraction of sp³-hybridized carbons (Fsp3) is 0.696. The van der Waals surface area contributed by atoms with E-state index in [1.165, 1.54) is 19.3 Å². The maximum absolute atomic E-state index is 13.7. The van der Waals surface area contributed by atoms with Gasteiger partial charge in [-0.15, -0.1) is 0 Å². The molecule has 4 bridgehead atoms. The number of alkyl halides is 3. The van der Waals surface area contributed by atoms with E-state index in [4.69, 9.17) is 14.2 Å². The Kier molecular flexibility index (Phi) is 5.09. The molecule has 1 aromatic rings. The zero-order valence-electron chi connectivity index (χ0n) is 16.8. The number of hydrogen-bond acceptors (Lipinski definition) is 4. The van der Waals surface area contributed by atoms with Crippen LogP contribution in [0.5, 0.6) is 0 Å². The summed E-state index contributed by atoms with van der Waals surface area (Å²) in [6.45, 7) is 0. The summed E-state index contributed by atoms with van der Waals surface area (Å²) in [5.74, 6) is -0.639. The van der Waals surface area contributed by atoms with Gasteiger partial charge in [0.15, 0.2) is 6.29 Å². The van der Waals surface area contributed by atoms with E-state index in [1.807, 2.05) is 0 Å². The lowest BCUT2D eigenvalue weighted by Crippen LogP contribution is -2.56. The van der Waals surface area contributed by atoms with E-state index >= 15 is 0 Å². The molecule has 4 aliphatic carbocycles. The highest BCUT2D eigenvalue weighted by molar-refractivity contribution is 5.89. The highest BCUT2D eigenvalue weighted by Crippen LogP contribution is 2.58. The highest BCUT2D eigenvalue weighted by atomic mass is 19.4. The molecule has 0 aromatic heterocycles. The first-order chi connectivity index (χ1) is 14.3. The predicted molar refractivity (Wildman–Crippen MR) is 101 cm³/mol. The van der Waals surface area contributed by atoms with Gasteiger partial charge in [-0.1, -0.05) is 18.2 Å². The van der Waals surface area contributed by atoms with Gasteiger partial charge in [-0.05, 0) is 74.8 Å². The molecule has 5 fully saturated rings. The van der Waals surface area contributed by atoms with E-state index < -0.39 is 36.2 Å². The number of ether oxygens (including phenoxy) is 3. The third-order valence-electron chi connectivity index (χ3n) is 7.34. The van der Waals surface area contributed by atoms with Crippen molar-refractivity contribution in [1.82, 2.24) is 0 Å². The molecule has 1 saturated heterocycles. The normalized spacial score (nSPS) is 40.4. The number of carbonyl (C=O) groups is 1. The molecule has 4 saturated carbocycles. The molecule has 0 amide bonds. The molecule has 0 N–H and O–H groups in total. The van der Waals surface area contributed by atoms with Crippen molar-refractivity contribution in [3.05, 3.63) is 35.9 Å². The molecule has 30 heavy (non-hydrogen) atoms. The summed E-state index contributed by atoms with van der Waals surface area (Å²) in [5.41, 5.74) is -0.175. The number of halogens is 3. The number of benzene rings is 1. The Balaban J connectivity index is 1.31. The smallest absolute Gasteiger partial charge is 0.396 e. The van der Waals surface area contributed by atoms with Gasteiger partial charge in [0.05, 0.1) is 11.2 Å². The molecule has 7 heteroatoms. The lowest BCUT2D eigenvalue weighted by atomic mass is 9.54. The predicted octanol–water partition coefficient (Wildman–Crippen LogP) is 5.47. The number of rotatable bonds is 4. The SMILES string of the molecule is O=C(OC1CCC(C(F)(F)F)C(OC23CC4CC(CC(C4)C2)C3)O1)c1ccccc1. The Bertz CT molecular complexity index is 743. The lowest BCUT2D eigenvalue weighted by molar-refractivity contribution is -0.358. The second-order valence-electron chi connectivity index (χ2n) is 9.65. The van der Waals surface area contributed by atoms with Crippen LogP contribution in [0.1, 0.15) is 61.7 Å². The van der Waals surface area contributed by atoms with E-state index in [-0.39, 0.29) is 12.8 Å². The second kappa shape index (κ2) is 7.52. The van der Waals surface area contributed by atoms with Crippen LogP contribution in [0.3, 0.4) is 0 Å². The van der Waals surface area contributed by atoms with Crippen LogP contribution < -0.4 is 0 Å². The highest BCUT2D eigenvalue weighted by Gasteiger charge is 2.56. The number of esters is 1. The first-order valence-corrected chi connectivity index (χ1v) is 11.0. The van der Waals surface area contributed by atoms with Gasteiger partial charge in [0.2, 0.25) is 6.29 Å². The summed E-state index contributed by atoms with van der Waals surface area (Å²) in [6, 6.07) is 8.39. The molecule has 1 heterocycles. The molecule has 3 atom stereocenters. The van der Waals surface area contributed by atoms with E-state index in [1.54, 1.807) is 30.3 Å². The lowest BCUT2D eigenvalue weighted by Gasteiger charge is -2.57. The number of carbonyl (C=O) groups excluding carboxylic acids is 1. The number of hydrogen-bond donors (Lipinski definition) is 0. The van der Waals surface area contributed by atoms with Gasteiger partial charge in [-0.25, -0.2) is 4.79 Å². The third kappa shape index (κ3) is 3.98. The summed E-state index contributed by atoms with van der Waals surface area (Å²) >= 11 is 0. The van der Waals surface area contributed by atoms with Gasteiger partial charge in [0.1, 0.15) is 5.92 Å². The van der Waals surface area contributed by atoms with E-state index in [9.17, 15) is 18.0 Å². The minimum atomic E-state index is -4.42. The fourth-order valence-electron chi connectivity index (χ4n) is 6.46. The molecule has 1 aromatic carbocycles. The van der Waals surface area contributed by atoms with Crippen LogP contribution in [0, 0.1) is 23.7 Å². The Morgan fingerprint density at radius 1 is 0.967 bits per heavy atom. The van der Waals surface area contributed by atoms with Gasteiger partial charge in [-0.3, -0.25) is 0 Å². The topological polar surface area (TPSA) is 44.8 Å². The van der Waals surface area contributed by atoms with E-state index in [2.05, 4.69) is 0 Å². The average Bonchev–Trinajstić information content (AvgIpc) is 2.66. The summed E-state index contributed by atoms with van der Waals surface area (Å²) in [5, 5.41) is 0. The maximum atomic E-state index is 13.7. The first-order valence-electron chi connectivity index (χ1n) is 11.0. The van der Waals surface area contributed by atoms with Crippen molar-refractivity contribution in [2.75, 3.05) is 0 Å². The largest absolute Gasteiger partial charge is 0.432 e. The average molecular weight is 424 g/mol. The van der Waals surface area contributed by atoms with Crippen molar-refractivity contribution in [2.45, 2.75) is 75.7 Å². The molecule has 0 spiro atoms. The fourth-order valence-corrected chi connectivity index (χ4v) is 6.46. The van der Waals surface area contributed by atoms with Crippen LogP contribution in [-0.4, -0.2) is 30.3 Å². The van der Waals surface area contributed by atoms with Crippen LogP contribution in [0.4, 0.5) is 13.2 Å². The van der Waals surface area contributed by atoms with Crippen LogP contribution in [0.15, 0.2) is 30.3 Å². The van der Waals surface area contributed by atoms with Crippen molar-refractivity contribution in [1.29, 1.82) is 0 Å². The van der Waals surface area contributed by atoms with Gasteiger partial charge >= 0.3 is 12.1 Å². The van der Waals surface area contributed by atoms with E-state index in [0.717, 1.165) is 19.3 Å². The molecule has 4 nitrogen and oxygen atoms in total. The molecule has 1 aliphatic heterocycles. The maximum Gasteiger partial charge on any atom is 0.396 e. The summed E-state index contributed by atoms with van der Waals surface area (Å²) in [4.78, 5) is 12.3. The quantitative estimate of drug-likeness (QED) is 0.602. The zero-order valence-corrected chi connectivity index (χ0v) is 16.8. The summed E-state index contributed by atoms with van der Waals surface area (Å²) in [7, 11) is 0. The molecule has 6 rings (SSSR count). The molecule has 0 radical (unpaired) electrons. The van der Waals surface area contributed by atoms with Crippen LogP contribution in [0.2, 0.25) is 0 Å². The van der Waals surface area contributed by atoms with Gasteiger partial charge in [0.25, 0.3) is 0 Å². The van der Waals surface area contributed by atoms with Gasteiger partial charge in [-0.2, -0.15) is 13.2 Å². The Labute approximate surface area is 174 Å². The Hall–Kier alpha value is -1.60. The molecular weight excluding hydrogens is 397 g/mol.